The number of amides is 2. The molecule has 0 aromatic heterocycles. The number of piperidine rings is 1. The second-order valence-corrected chi connectivity index (χ2v) is 10.2. The van der Waals surface area contributed by atoms with Crippen LogP contribution in [-0.2, 0) is 16.1 Å². The van der Waals surface area contributed by atoms with E-state index in [9.17, 15) is 9.59 Å². The zero-order valence-electron chi connectivity index (χ0n) is 21.3. The van der Waals surface area contributed by atoms with Crippen molar-refractivity contribution in [3.8, 4) is 11.5 Å². The minimum absolute atomic E-state index is 0.00149. The van der Waals surface area contributed by atoms with Gasteiger partial charge >= 0.3 is 0 Å². The highest BCUT2D eigenvalue weighted by Crippen LogP contribution is 2.33. The molecule has 2 aromatic rings. The molecular weight excluding hydrogens is 456 g/mol. The van der Waals surface area contributed by atoms with Crippen molar-refractivity contribution in [3.63, 3.8) is 0 Å². The molecule has 8 nitrogen and oxygen atoms in total. The molecule has 1 N–H and O–H groups in total. The number of carbonyl (C=O) groups excluding carboxylic acids is 2. The normalized spacial score (nSPS) is 18.9. The summed E-state index contributed by atoms with van der Waals surface area (Å²) in [6.45, 7) is 10.5. The van der Waals surface area contributed by atoms with Gasteiger partial charge in [0.05, 0.1) is 6.54 Å². The number of rotatable bonds is 6. The first-order chi connectivity index (χ1) is 17.4. The molecule has 0 atom stereocenters. The zero-order chi connectivity index (χ0) is 25.1. The van der Waals surface area contributed by atoms with Gasteiger partial charge in [-0.2, -0.15) is 0 Å². The fourth-order valence-corrected chi connectivity index (χ4v) is 5.24. The van der Waals surface area contributed by atoms with Crippen LogP contribution in [0.25, 0.3) is 0 Å². The van der Waals surface area contributed by atoms with Crippen molar-refractivity contribution in [3.05, 3.63) is 53.1 Å². The second kappa shape index (κ2) is 10.9. The summed E-state index contributed by atoms with van der Waals surface area (Å²) in [4.78, 5) is 32.2. The number of anilines is 1. The molecule has 2 saturated heterocycles. The van der Waals surface area contributed by atoms with E-state index in [1.807, 2.05) is 36.1 Å². The highest BCUT2D eigenvalue weighted by atomic mass is 16.7. The summed E-state index contributed by atoms with van der Waals surface area (Å²) in [5.41, 5.74) is 4.42. The Hall–Kier alpha value is -3.10. The molecule has 0 spiro atoms. The fourth-order valence-electron chi connectivity index (χ4n) is 5.24. The first kappa shape index (κ1) is 24.6. The molecule has 192 valence electrons. The first-order valence-corrected chi connectivity index (χ1v) is 12.9. The van der Waals surface area contributed by atoms with Gasteiger partial charge in [0, 0.05) is 44.3 Å². The van der Waals surface area contributed by atoms with Gasteiger partial charge in [-0.1, -0.05) is 12.1 Å². The number of ether oxygens (including phenoxy) is 2. The number of nitrogens with zero attached hydrogens (tertiary/aromatic N) is 3. The van der Waals surface area contributed by atoms with Gasteiger partial charge in [0.25, 0.3) is 0 Å². The number of nitrogens with one attached hydrogen (secondary N) is 1. The van der Waals surface area contributed by atoms with Gasteiger partial charge in [-0.3, -0.25) is 19.4 Å². The SMILES string of the molecule is Cc1ccc(NC(=O)CN2CCC(C(=O)N3CCN(Cc4ccc5c(c4)OCO5)CC3)CC2)cc1C. The third kappa shape index (κ3) is 5.82. The maximum Gasteiger partial charge on any atom is 0.238 e. The van der Waals surface area contributed by atoms with E-state index in [0.717, 1.165) is 75.8 Å². The van der Waals surface area contributed by atoms with Crippen molar-refractivity contribution in [2.75, 3.05) is 57.9 Å². The number of fused-ring (bicyclic) bond motifs is 1. The Balaban J connectivity index is 1.03. The van der Waals surface area contributed by atoms with E-state index in [-0.39, 0.29) is 17.7 Å². The minimum Gasteiger partial charge on any atom is -0.454 e. The van der Waals surface area contributed by atoms with E-state index in [1.54, 1.807) is 0 Å². The van der Waals surface area contributed by atoms with Crippen molar-refractivity contribution in [1.82, 2.24) is 14.7 Å². The van der Waals surface area contributed by atoms with Gasteiger partial charge < -0.3 is 19.7 Å². The molecule has 2 fully saturated rings. The van der Waals surface area contributed by atoms with E-state index < -0.39 is 0 Å². The van der Waals surface area contributed by atoms with Crippen LogP contribution in [0.3, 0.4) is 0 Å². The number of carbonyl (C=O) groups is 2. The Bertz CT molecular complexity index is 1100. The van der Waals surface area contributed by atoms with Crippen LogP contribution in [0, 0.1) is 19.8 Å². The smallest absolute Gasteiger partial charge is 0.238 e. The molecule has 0 radical (unpaired) electrons. The lowest BCUT2D eigenvalue weighted by atomic mass is 9.95. The maximum absolute atomic E-state index is 13.2. The summed E-state index contributed by atoms with van der Waals surface area (Å²) >= 11 is 0. The maximum atomic E-state index is 13.2. The van der Waals surface area contributed by atoms with Gasteiger partial charge in [0.2, 0.25) is 18.6 Å². The quantitative estimate of drug-likeness (QED) is 0.668. The first-order valence-electron chi connectivity index (χ1n) is 12.9. The Morgan fingerprint density at radius 2 is 1.61 bits per heavy atom. The number of likely N-dealkylation sites (tertiary alicyclic amines) is 1. The number of hydrogen-bond acceptors (Lipinski definition) is 6. The Morgan fingerprint density at radius 1 is 0.861 bits per heavy atom. The second-order valence-electron chi connectivity index (χ2n) is 10.2. The van der Waals surface area contributed by atoms with Gasteiger partial charge in [-0.05, 0) is 80.7 Å². The molecule has 3 aliphatic heterocycles. The number of piperazine rings is 1. The summed E-state index contributed by atoms with van der Waals surface area (Å²) in [6, 6.07) is 12.1. The largest absolute Gasteiger partial charge is 0.454 e. The van der Waals surface area contributed by atoms with Gasteiger partial charge in [-0.15, -0.1) is 0 Å². The highest BCUT2D eigenvalue weighted by Gasteiger charge is 2.31. The van der Waals surface area contributed by atoms with E-state index in [0.29, 0.717) is 13.3 Å². The molecule has 0 aliphatic carbocycles. The van der Waals surface area contributed by atoms with E-state index in [2.05, 4.69) is 34.2 Å². The standard InChI is InChI=1S/C28H36N4O4/c1-20-3-5-24(15-21(20)2)29-27(33)18-30-9-7-23(8-10-30)28(34)32-13-11-31(12-14-32)17-22-4-6-25-26(16-22)36-19-35-25/h3-6,15-16,23H,7-14,17-19H2,1-2H3,(H,29,33). The molecule has 5 rings (SSSR count). The Morgan fingerprint density at radius 3 is 2.36 bits per heavy atom. The molecular formula is C28H36N4O4. The van der Waals surface area contributed by atoms with Gasteiger partial charge in [-0.25, -0.2) is 0 Å². The van der Waals surface area contributed by atoms with Crippen molar-refractivity contribution in [1.29, 1.82) is 0 Å². The van der Waals surface area contributed by atoms with E-state index in [4.69, 9.17) is 9.47 Å². The van der Waals surface area contributed by atoms with Crippen LogP contribution in [0.15, 0.2) is 36.4 Å². The average Bonchev–Trinajstić information content (AvgIpc) is 3.35. The van der Waals surface area contributed by atoms with E-state index in [1.165, 1.54) is 16.7 Å². The molecule has 0 unspecified atom stereocenters. The number of hydrogen-bond donors (Lipinski definition) is 1. The molecule has 36 heavy (non-hydrogen) atoms. The lowest BCUT2D eigenvalue weighted by molar-refractivity contribution is -0.139. The zero-order valence-corrected chi connectivity index (χ0v) is 21.3. The predicted octanol–water partition coefficient (Wildman–Crippen LogP) is 3.03. The fraction of sp³-hybridized carbons (Fsp3) is 0.500. The molecule has 8 heteroatoms. The monoisotopic (exact) mass is 492 g/mol. The average molecular weight is 493 g/mol. The van der Waals surface area contributed by atoms with Crippen molar-refractivity contribution < 1.29 is 19.1 Å². The Labute approximate surface area is 213 Å². The predicted molar refractivity (Wildman–Crippen MR) is 138 cm³/mol. The van der Waals surface area contributed by atoms with Gasteiger partial charge in [0.1, 0.15) is 0 Å². The van der Waals surface area contributed by atoms with Crippen LogP contribution in [0.4, 0.5) is 5.69 Å². The van der Waals surface area contributed by atoms with Crippen LogP contribution in [-0.4, -0.2) is 79.1 Å². The summed E-state index contributed by atoms with van der Waals surface area (Å²) in [7, 11) is 0. The molecule has 2 amide bonds. The van der Waals surface area contributed by atoms with E-state index >= 15 is 0 Å². The number of aryl methyl sites for hydroxylation is 2. The van der Waals surface area contributed by atoms with Crippen molar-refractivity contribution >= 4 is 17.5 Å². The molecule has 3 aliphatic rings. The lowest BCUT2D eigenvalue weighted by Gasteiger charge is -2.38. The summed E-state index contributed by atoms with van der Waals surface area (Å²) < 4.78 is 10.9. The molecule has 3 heterocycles. The van der Waals surface area contributed by atoms with Crippen LogP contribution in [0.2, 0.25) is 0 Å². The third-order valence-electron chi connectivity index (χ3n) is 7.62. The van der Waals surface area contributed by atoms with Crippen LogP contribution < -0.4 is 14.8 Å². The third-order valence-corrected chi connectivity index (χ3v) is 7.62. The summed E-state index contributed by atoms with van der Waals surface area (Å²) in [5, 5.41) is 3.00. The molecule has 2 aromatic carbocycles. The van der Waals surface area contributed by atoms with Crippen molar-refractivity contribution in [2.45, 2.75) is 33.2 Å². The summed E-state index contributed by atoms with van der Waals surface area (Å²) in [5.74, 6) is 1.96. The van der Waals surface area contributed by atoms with Crippen LogP contribution in [0.5, 0.6) is 11.5 Å². The number of benzene rings is 2. The Kier molecular flexibility index (Phi) is 7.43. The van der Waals surface area contributed by atoms with Crippen molar-refractivity contribution in [2.24, 2.45) is 5.92 Å². The minimum atomic E-state index is 0.00149. The molecule has 0 saturated carbocycles. The van der Waals surface area contributed by atoms with Gasteiger partial charge in [0.15, 0.2) is 11.5 Å². The van der Waals surface area contributed by atoms with Crippen LogP contribution >= 0.6 is 0 Å². The topological polar surface area (TPSA) is 74.4 Å². The summed E-state index contributed by atoms with van der Waals surface area (Å²) in [6.07, 6.45) is 1.63. The highest BCUT2D eigenvalue weighted by molar-refractivity contribution is 5.92. The lowest BCUT2D eigenvalue weighted by Crippen LogP contribution is -2.51. The molecule has 0 bridgehead atoms. The van der Waals surface area contributed by atoms with Crippen LogP contribution in [0.1, 0.15) is 29.5 Å².